The van der Waals surface area contributed by atoms with Crippen molar-refractivity contribution in [1.82, 2.24) is 9.29 Å². The maximum Gasteiger partial charge on any atom is 0.214 e. The second kappa shape index (κ2) is 7.85. The zero-order valence-electron chi connectivity index (χ0n) is 15.1. The molecule has 6 nitrogen and oxygen atoms in total. The van der Waals surface area contributed by atoms with Gasteiger partial charge in [0.1, 0.15) is 5.82 Å². The van der Waals surface area contributed by atoms with E-state index in [0.717, 1.165) is 22.3 Å². The van der Waals surface area contributed by atoms with Crippen molar-refractivity contribution in [3.05, 3.63) is 35.8 Å². The van der Waals surface area contributed by atoms with Crippen molar-refractivity contribution in [2.75, 3.05) is 50.5 Å². The lowest BCUT2D eigenvalue weighted by Crippen LogP contribution is -2.49. The minimum absolute atomic E-state index is 0.101. The highest BCUT2D eigenvalue weighted by molar-refractivity contribution is 7.89. The lowest BCUT2D eigenvalue weighted by molar-refractivity contribution is 0.199. The molecule has 26 heavy (non-hydrogen) atoms. The fraction of sp³-hybridized carbons (Fsp3) is 0.500. The molecule has 2 aromatic rings. The van der Waals surface area contributed by atoms with Crippen molar-refractivity contribution in [3.63, 3.8) is 0 Å². The third kappa shape index (κ3) is 4.13. The number of sulfonamides is 1. The van der Waals surface area contributed by atoms with E-state index in [0.29, 0.717) is 39.2 Å². The maximum absolute atomic E-state index is 13.7. The molecule has 0 bridgehead atoms. The van der Waals surface area contributed by atoms with Gasteiger partial charge < -0.3 is 9.64 Å². The first-order valence-corrected chi connectivity index (χ1v) is 10.3. The average molecular weight is 381 g/mol. The van der Waals surface area contributed by atoms with Crippen LogP contribution in [0.1, 0.15) is 12.1 Å². The second-order valence-corrected chi connectivity index (χ2v) is 8.58. The summed E-state index contributed by atoms with van der Waals surface area (Å²) in [5.74, 6) is -0.202. The first-order valence-electron chi connectivity index (χ1n) is 8.69. The molecule has 1 saturated heterocycles. The van der Waals surface area contributed by atoms with Crippen LogP contribution in [0.25, 0.3) is 10.9 Å². The first-order chi connectivity index (χ1) is 12.4. The standard InChI is InChI=1S/C18H24FN3O3S/c1-14-12-18(16-13-15(19)4-5-17(16)20-14)21-6-8-22(9-7-21)26(23,24)11-3-10-25-2/h4-5,12-13H,3,6-11H2,1-2H3. The van der Waals surface area contributed by atoms with Gasteiger partial charge in [-0.05, 0) is 37.6 Å². The number of benzene rings is 1. The quantitative estimate of drug-likeness (QED) is 0.718. The highest BCUT2D eigenvalue weighted by atomic mass is 32.2. The number of aromatic nitrogens is 1. The number of methoxy groups -OCH3 is 1. The number of fused-ring (bicyclic) bond motifs is 1. The van der Waals surface area contributed by atoms with Crippen molar-refractivity contribution < 1.29 is 17.5 Å². The molecule has 0 aliphatic carbocycles. The number of rotatable bonds is 6. The zero-order chi connectivity index (χ0) is 18.7. The smallest absolute Gasteiger partial charge is 0.214 e. The Bertz CT molecular complexity index is 881. The fourth-order valence-electron chi connectivity index (χ4n) is 3.29. The molecule has 1 aliphatic rings. The van der Waals surface area contributed by atoms with Crippen LogP contribution in [0.3, 0.4) is 0 Å². The third-order valence-corrected chi connectivity index (χ3v) is 6.56. The Morgan fingerprint density at radius 3 is 2.62 bits per heavy atom. The number of aryl methyl sites for hydroxylation is 1. The maximum atomic E-state index is 13.7. The van der Waals surface area contributed by atoms with Gasteiger partial charge in [-0.15, -0.1) is 0 Å². The summed E-state index contributed by atoms with van der Waals surface area (Å²) in [5.41, 5.74) is 2.51. The van der Waals surface area contributed by atoms with Crippen molar-refractivity contribution in [2.24, 2.45) is 0 Å². The van der Waals surface area contributed by atoms with E-state index in [9.17, 15) is 12.8 Å². The number of anilines is 1. The molecule has 3 rings (SSSR count). The van der Waals surface area contributed by atoms with Crippen LogP contribution in [0.5, 0.6) is 0 Å². The summed E-state index contributed by atoms with van der Waals surface area (Å²) in [6.07, 6.45) is 0.493. The molecule has 142 valence electrons. The van der Waals surface area contributed by atoms with E-state index in [1.165, 1.54) is 16.4 Å². The lowest BCUT2D eigenvalue weighted by Gasteiger charge is -2.36. The Hall–Kier alpha value is -1.77. The molecule has 8 heteroatoms. The van der Waals surface area contributed by atoms with Gasteiger partial charge >= 0.3 is 0 Å². The van der Waals surface area contributed by atoms with Crippen molar-refractivity contribution in [2.45, 2.75) is 13.3 Å². The molecule has 0 N–H and O–H groups in total. The number of halogens is 1. The van der Waals surface area contributed by atoms with Gasteiger partial charge in [0.05, 0.1) is 11.3 Å². The lowest BCUT2D eigenvalue weighted by atomic mass is 10.1. The molecule has 1 aromatic heterocycles. The number of nitrogens with zero attached hydrogens (tertiary/aromatic N) is 3. The van der Waals surface area contributed by atoms with Gasteiger partial charge in [0.25, 0.3) is 0 Å². The molecule has 2 heterocycles. The Balaban J connectivity index is 1.76. The highest BCUT2D eigenvalue weighted by Gasteiger charge is 2.27. The number of piperazine rings is 1. The molecule has 0 radical (unpaired) electrons. The summed E-state index contributed by atoms with van der Waals surface area (Å²) in [6, 6.07) is 6.51. The number of pyridine rings is 1. The Kier molecular flexibility index (Phi) is 5.74. The van der Waals surface area contributed by atoms with Crippen LogP contribution >= 0.6 is 0 Å². The summed E-state index contributed by atoms with van der Waals surface area (Å²) in [4.78, 5) is 6.57. The monoisotopic (exact) mass is 381 g/mol. The van der Waals surface area contributed by atoms with Crippen molar-refractivity contribution >= 4 is 26.6 Å². The van der Waals surface area contributed by atoms with Crippen LogP contribution in [0, 0.1) is 12.7 Å². The summed E-state index contributed by atoms with van der Waals surface area (Å²) < 4.78 is 45.0. The molecule has 0 saturated carbocycles. The van der Waals surface area contributed by atoms with Gasteiger partial charge in [0.2, 0.25) is 10.0 Å². The number of ether oxygens (including phenoxy) is 1. The zero-order valence-corrected chi connectivity index (χ0v) is 15.9. The van der Waals surface area contributed by atoms with Gasteiger partial charge in [-0.2, -0.15) is 4.31 Å². The highest BCUT2D eigenvalue weighted by Crippen LogP contribution is 2.28. The SMILES string of the molecule is COCCCS(=O)(=O)N1CCN(c2cc(C)nc3ccc(F)cc23)CC1. The van der Waals surface area contributed by atoms with E-state index in [-0.39, 0.29) is 11.6 Å². The van der Waals surface area contributed by atoms with Gasteiger partial charge in [-0.3, -0.25) is 4.98 Å². The minimum Gasteiger partial charge on any atom is -0.385 e. The van der Waals surface area contributed by atoms with E-state index >= 15 is 0 Å². The van der Waals surface area contributed by atoms with Crippen LogP contribution in [0.4, 0.5) is 10.1 Å². The molecule has 0 amide bonds. The van der Waals surface area contributed by atoms with Gasteiger partial charge in [0, 0.05) is 56.7 Å². The Morgan fingerprint density at radius 2 is 1.92 bits per heavy atom. The third-order valence-electron chi connectivity index (χ3n) is 4.60. The topological polar surface area (TPSA) is 62.7 Å². The molecular weight excluding hydrogens is 357 g/mol. The predicted molar refractivity (Wildman–Crippen MR) is 101 cm³/mol. The number of hydrogen-bond acceptors (Lipinski definition) is 5. The van der Waals surface area contributed by atoms with E-state index in [1.807, 2.05) is 13.0 Å². The molecule has 0 spiro atoms. The summed E-state index contributed by atoms with van der Waals surface area (Å²) in [6.45, 7) is 4.33. The molecule has 1 fully saturated rings. The summed E-state index contributed by atoms with van der Waals surface area (Å²) in [5, 5.41) is 0.756. The van der Waals surface area contributed by atoms with E-state index in [1.54, 1.807) is 13.2 Å². The van der Waals surface area contributed by atoms with Crippen molar-refractivity contribution in [3.8, 4) is 0 Å². The van der Waals surface area contributed by atoms with Crippen LogP contribution < -0.4 is 4.90 Å². The summed E-state index contributed by atoms with van der Waals surface area (Å²) in [7, 11) is -1.70. The van der Waals surface area contributed by atoms with Crippen LogP contribution in [0.15, 0.2) is 24.3 Å². The first kappa shape index (κ1) is 19.0. The molecule has 0 atom stereocenters. The largest absolute Gasteiger partial charge is 0.385 e. The van der Waals surface area contributed by atoms with E-state index < -0.39 is 10.0 Å². The minimum atomic E-state index is -3.26. The molecule has 0 unspecified atom stereocenters. The van der Waals surface area contributed by atoms with Crippen LogP contribution in [-0.4, -0.2) is 63.4 Å². The fourth-order valence-corrected chi connectivity index (χ4v) is 4.75. The predicted octanol–water partition coefficient (Wildman–Crippen LogP) is 2.17. The van der Waals surface area contributed by atoms with Gasteiger partial charge in [-0.1, -0.05) is 0 Å². The number of hydrogen-bond donors (Lipinski definition) is 0. The normalized spacial score (nSPS) is 16.3. The summed E-state index contributed by atoms with van der Waals surface area (Å²) >= 11 is 0. The second-order valence-electron chi connectivity index (χ2n) is 6.49. The molecular formula is C18H24FN3O3S. The molecule has 1 aromatic carbocycles. The van der Waals surface area contributed by atoms with Crippen LogP contribution in [-0.2, 0) is 14.8 Å². The molecule has 1 aliphatic heterocycles. The van der Waals surface area contributed by atoms with Gasteiger partial charge in [-0.25, -0.2) is 12.8 Å². The van der Waals surface area contributed by atoms with Crippen molar-refractivity contribution in [1.29, 1.82) is 0 Å². The Labute approximate surface area is 153 Å². The average Bonchev–Trinajstić information content (AvgIpc) is 2.62. The van der Waals surface area contributed by atoms with E-state index in [4.69, 9.17) is 4.74 Å². The Morgan fingerprint density at radius 1 is 1.19 bits per heavy atom. The van der Waals surface area contributed by atoms with Gasteiger partial charge in [0.15, 0.2) is 0 Å². The van der Waals surface area contributed by atoms with E-state index in [2.05, 4.69) is 9.88 Å². The van der Waals surface area contributed by atoms with Crippen LogP contribution in [0.2, 0.25) is 0 Å².